The summed E-state index contributed by atoms with van der Waals surface area (Å²) in [7, 11) is 1.53. The fraction of sp³-hybridized carbons (Fsp3) is 0.500. The maximum Gasteiger partial charge on any atom is 0.226 e. The number of hydrogen-bond acceptors (Lipinski definition) is 4. The first-order valence-corrected chi connectivity index (χ1v) is 6.85. The van der Waals surface area contributed by atoms with E-state index in [1.807, 2.05) is 6.92 Å². The van der Waals surface area contributed by atoms with Crippen LogP contribution >= 0.6 is 11.6 Å². The Morgan fingerprint density at radius 3 is 2.75 bits per heavy atom. The van der Waals surface area contributed by atoms with Crippen molar-refractivity contribution in [2.75, 3.05) is 19.0 Å². The Morgan fingerprint density at radius 2 is 2.15 bits per heavy atom. The van der Waals surface area contributed by atoms with Crippen molar-refractivity contribution < 1.29 is 14.6 Å². The summed E-state index contributed by atoms with van der Waals surface area (Å²) in [6.07, 6.45) is -0.143. The highest BCUT2D eigenvalue weighted by molar-refractivity contribution is 6.31. The van der Waals surface area contributed by atoms with Crippen LogP contribution in [0, 0.1) is 0 Å². The van der Waals surface area contributed by atoms with E-state index in [1.165, 1.54) is 7.11 Å². The molecule has 0 saturated heterocycles. The summed E-state index contributed by atoms with van der Waals surface area (Å²) in [5.41, 5.74) is 0.549. The van der Waals surface area contributed by atoms with E-state index in [-0.39, 0.29) is 11.9 Å². The molecule has 5 nitrogen and oxygen atoms in total. The lowest BCUT2D eigenvalue weighted by molar-refractivity contribution is -0.116. The van der Waals surface area contributed by atoms with Crippen LogP contribution in [0.5, 0.6) is 5.75 Å². The summed E-state index contributed by atoms with van der Waals surface area (Å²) in [4.78, 5) is 11.9. The number of carbonyl (C=O) groups excluding carboxylic acids is 1. The summed E-state index contributed by atoms with van der Waals surface area (Å²) >= 11 is 5.90. The summed E-state index contributed by atoms with van der Waals surface area (Å²) in [6, 6.07) is 5.01. The van der Waals surface area contributed by atoms with Gasteiger partial charge in [0.05, 0.1) is 18.9 Å². The third kappa shape index (κ3) is 5.77. The van der Waals surface area contributed by atoms with Gasteiger partial charge in [0, 0.05) is 24.0 Å². The van der Waals surface area contributed by atoms with Crippen LogP contribution in [0.3, 0.4) is 0 Å². The molecule has 0 spiro atoms. The van der Waals surface area contributed by atoms with Crippen molar-refractivity contribution in [3.63, 3.8) is 0 Å². The average molecular weight is 301 g/mol. The van der Waals surface area contributed by atoms with Gasteiger partial charge >= 0.3 is 0 Å². The lowest BCUT2D eigenvalue weighted by atomic mass is 10.2. The Kier molecular flexibility index (Phi) is 6.78. The number of halogens is 1. The van der Waals surface area contributed by atoms with Crippen molar-refractivity contribution in [1.82, 2.24) is 5.32 Å². The van der Waals surface area contributed by atoms with Gasteiger partial charge < -0.3 is 20.5 Å². The molecule has 0 heterocycles. The van der Waals surface area contributed by atoms with Gasteiger partial charge in [0.2, 0.25) is 5.91 Å². The predicted molar refractivity (Wildman–Crippen MR) is 80.4 cm³/mol. The fourth-order valence-electron chi connectivity index (χ4n) is 1.70. The third-order valence-electron chi connectivity index (χ3n) is 2.69. The lowest BCUT2D eigenvalue weighted by Crippen LogP contribution is -2.35. The highest BCUT2D eigenvalue weighted by Crippen LogP contribution is 2.27. The van der Waals surface area contributed by atoms with Gasteiger partial charge in [-0.3, -0.25) is 4.79 Å². The molecule has 20 heavy (non-hydrogen) atoms. The second-order valence-electron chi connectivity index (χ2n) is 4.76. The van der Waals surface area contributed by atoms with E-state index in [4.69, 9.17) is 16.3 Å². The summed E-state index contributed by atoms with van der Waals surface area (Å²) in [6.45, 7) is 4.03. The first-order chi connectivity index (χ1) is 9.42. The maximum atomic E-state index is 11.9. The second kappa shape index (κ2) is 8.09. The smallest absolute Gasteiger partial charge is 0.226 e. The maximum absolute atomic E-state index is 11.9. The first kappa shape index (κ1) is 16.8. The molecule has 1 aromatic carbocycles. The van der Waals surface area contributed by atoms with Gasteiger partial charge in [0.15, 0.2) is 0 Å². The summed E-state index contributed by atoms with van der Waals surface area (Å²) in [5, 5.41) is 15.5. The molecule has 0 aliphatic carbocycles. The normalized spacial score (nSPS) is 13.7. The molecule has 1 aromatic rings. The number of hydrogen-bond donors (Lipinski definition) is 3. The molecule has 0 aliphatic rings. The van der Waals surface area contributed by atoms with Crippen molar-refractivity contribution >= 4 is 23.2 Å². The standard InChI is InChI=1S/C14H21ClN2O3/c1-9(16-8-10(2)18)6-14(19)17-12-7-11(15)4-5-13(12)20-3/h4-5,7,9-10,16,18H,6,8H2,1-3H3,(H,17,19). The molecule has 112 valence electrons. The molecule has 2 atom stereocenters. The molecule has 0 fully saturated rings. The van der Waals surface area contributed by atoms with Crippen molar-refractivity contribution in [2.45, 2.75) is 32.4 Å². The summed E-state index contributed by atoms with van der Waals surface area (Å²) < 4.78 is 5.16. The molecular weight excluding hydrogens is 280 g/mol. The molecule has 1 amide bonds. The minimum absolute atomic E-state index is 0.0326. The zero-order valence-corrected chi connectivity index (χ0v) is 12.7. The van der Waals surface area contributed by atoms with Gasteiger partial charge in [-0.25, -0.2) is 0 Å². The number of nitrogens with one attached hydrogen (secondary N) is 2. The van der Waals surface area contributed by atoms with Crippen LogP contribution in [0.2, 0.25) is 5.02 Å². The number of aliphatic hydroxyl groups excluding tert-OH is 1. The number of aliphatic hydroxyl groups is 1. The van der Waals surface area contributed by atoms with Crippen LogP contribution in [-0.2, 0) is 4.79 Å². The van der Waals surface area contributed by atoms with Crippen molar-refractivity contribution in [1.29, 1.82) is 0 Å². The quantitative estimate of drug-likeness (QED) is 0.721. The Morgan fingerprint density at radius 1 is 1.45 bits per heavy atom. The number of rotatable bonds is 7. The van der Waals surface area contributed by atoms with E-state index < -0.39 is 6.10 Å². The Balaban J connectivity index is 2.55. The zero-order valence-electron chi connectivity index (χ0n) is 11.9. The predicted octanol–water partition coefficient (Wildman–Crippen LogP) is 2.04. The number of benzene rings is 1. The van der Waals surface area contributed by atoms with Gasteiger partial charge in [-0.1, -0.05) is 11.6 Å². The van der Waals surface area contributed by atoms with Crippen LogP contribution in [0.1, 0.15) is 20.3 Å². The van der Waals surface area contributed by atoms with E-state index in [9.17, 15) is 9.90 Å². The van der Waals surface area contributed by atoms with E-state index in [2.05, 4.69) is 10.6 Å². The van der Waals surface area contributed by atoms with Crippen molar-refractivity contribution in [3.8, 4) is 5.75 Å². The molecule has 6 heteroatoms. The van der Waals surface area contributed by atoms with Crippen LogP contribution in [0.15, 0.2) is 18.2 Å². The number of methoxy groups -OCH3 is 1. The number of carbonyl (C=O) groups is 1. The number of amides is 1. The molecule has 0 aromatic heterocycles. The van der Waals surface area contributed by atoms with Crippen LogP contribution in [0.25, 0.3) is 0 Å². The molecule has 0 aliphatic heterocycles. The van der Waals surface area contributed by atoms with E-state index >= 15 is 0 Å². The second-order valence-corrected chi connectivity index (χ2v) is 5.19. The van der Waals surface area contributed by atoms with Crippen molar-refractivity contribution in [3.05, 3.63) is 23.2 Å². The monoisotopic (exact) mass is 300 g/mol. The van der Waals surface area contributed by atoms with Crippen LogP contribution in [-0.4, -0.2) is 36.8 Å². The van der Waals surface area contributed by atoms with E-state index in [1.54, 1.807) is 25.1 Å². The van der Waals surface area contributed by atoms with Gasteiger partial charge in [0.1, 0.15) is 5.75 Å². The molecule has 1 rings (SSSR count). The third-order valence-corrected chi connectivity index (χ3v) is 2.92. The van der Waals surface area contributed by atoms with Crippen LogP contribution in [0.4, 0.5) is 5.69 Å². The number of ether oxygens (including phenoxy) is 1. The highest BCUT2D eigenvalue weighted by atomic mass is 35.5. The molecule has 0 radical (unpaired) electrons. The largest absolute Gasteiger partial charge is 0.495 e. The zero-order chi connectivity index (χ0) is 15.1. The Bertz CT molecular complexity index is 452. The average Bonchev–Trinajstić information content (AvgIpc) is 2.36. The van der Waals surface area contributed by atoms with Gasteiger partial charge in [-0.15, -0.1) is 0 Å². The van der Waals surface area contributed by atoms with Gasteiger partial charge in [0.25, 0.3) is 0 Å². The van der Waals surface area contributed by atoms with Gasteiger partial charge in [-0.2, -0.15) is 0 Å². The Labute approximate surface area is 124 Å². The number of anilines is 1. The van der Waals surface area contributed by atoms with E-state index in [0.717, 1.165) is 0 Å². The van der Waals surface area contributed by atoms with Crippen molar-refractivity contribution in [2.24, 2.45) is 0 Å². The minimum Gasteiger partial charge on any atom is -0.495 e. The molecule has 2 unspecified atom stereocenters. The molecule has 3 N–H and O–H groups in total. The van der Waals surface area contributed by atoms with Crippen LogP contribution < -0.4 is 15.4 Å². The molecule has 0 saturated carbocycles. The Hall–Kier alpha value is -1.30. The topological polar surface area (TPSA) is 70.6 Å². The molecule has 0 bridgehead atoms. The lowest BCUT2D eigenvalue weighted by Gasteiger charge is -2.16. The fourth-order valence-corrected chi connectivity index (χ4v) is 1.87. The molecular formula is C14H21ClN2O3. The summed E-state index contributed by atoms with van der Waals surface area (Å²) in [5.74, 6) is 0.420. The van der Waals surface area contributed by atoms with E-state index in [0.29, 0.717) is 29.4 Å². The highest BCUT2D eigenvalue weighted by Gasteiger charge is 2.12. The van der Waals surface area contributed by atoms with Gasteiger partial charge in [-0.05, 0) is 32.0 Å². The SMILES string of the molecule is COc1ccc(Cl)cc1NC(=O)CC(C)NCC(C)O. The minimum atomic E-state index is -0.437. The first-order valence-electron chi connectivity index (χ1n) is 6.47.